The quantitative estimate of drug-likeness (QED) is 0.132. The van der Waals surface area contributed by atoms with E-state index in [0.717, 1.165) is 23.5 Å². The van der Waals surface area contributed by atoms with E-state index in [0.29, 0.717) is 11.8 Å². The summed E-state index contributed by atoms with van der Waals surface area (Å²) >= 11 is 1.94. The molecular formula is C60H50N2S. The second-order valence-corrected chi connectivity index (χ2v) is 19.4. The minimum Gasteiger partial charge on any atom is -0.310 e. The molecule has 63 heavy (non-hydrogen) atoms. The van der Waals surface area contributed by atoms with Crippen LogP contribution < -0.4 is 4.90 Å². The molecule has 0 spiro atoms. The molecule has 0 bridgehead atoms. The van der Waals surface area contributed by atoms with Gasteiger partial charge in [0.2, 0.25) is 0 Å². The summed E-state index contributed by atoms with van der Waals surface area (Å²) < 4.78 is 5.27. The highest BCUT2D eigenvalue weighted by molar-refractivity contribution is 7.26. The first-order valence-corrected chi connectivity index (χ1v) is 23.6. The molecule has 3 heteroatoms. The number of aromatic nitrogens is 1. The van der Waals surface area contributed by atoms with Gasteiger partial charge in [-0.1, -0.05) is 135 Å². The third-order valence-corrected chi connectivity index (χ3v) is 15.4. The Kier molecular flexibility index (Phi) is 9.23. The average Bonchev–Trinajstić information content (AvgIpc) is 3.95. The fraction of sp³-hybridized carbons (Fsp3) is 0.167. The minimum atomic E-state index is -0.131. The van der Waals surface area contributed by atoms with Crippen molar-refractivity contribution in [2.75, 3.05) is 4.90 Å². The van der Waals surface area contributed by atoms with Gasteiger partial charge in [0, 0.05) is 59.1 Å². The van der Waals surface area contributed by atoms with E-state index in [1.807, 2.05) is 11.3 Å². The van der Waals surface area contributed by atoms with E-state index in [9.17, 15) is 0 Å². The van der Waals surface area contributed by atoms with Crippen LogP contribution in [0, 0.1) is 5.92 Å². The Hall–Kier alpha value is -6.68. The Bertz CT molecular complexity index is 3310. The molecule has 306 valence electrons. The molecule has 10 aromatic rings. The third kappa shape index (κ3) is 6.44. The lowest BCUT2D eigenvalue weighted by Gasteiger charge is -2.27. The number of thiophene rings is 1. The van der Waals surface area contributed by atoms with Gasteiger partial charge >= 0.3 is 0 Å². The molecule has 8 aromatic carbocycles. The van der Waals surface area contributed by atoms with Crippen molar-refractivity contribution in [2.24, 2.45) is 5.92 Å². The van der Waals surface area contributed by atoms with Crippen LogP contribution in [-0.4, -0.2) is 4.57 Å². The molecule has 0 saturated carbocycles. The van der Waals surface area contributed by atoms with Gasteiger partial charge in [0.25, 0.3) is 0 Å². The summed E-state index contributed by atoms with van der Waals surface area (Å²) in [6.45, 7) is 4.77. The van der Waals surface area contributed by atoms with Crippen molar-refractivity contribution < 1.29 is 0 Å². The van der Waals surface area contributed by atoms with Crippen molar-refractivity contribution in [3.63, 3.8) is 0 Å². The summed E-state index contributed by atoms with van der Waals surface area (Å²) in [6.07, 6.45) is 10.9. The van der Waals surface area contributed by atoms with Crippen molar-refractivity contribution >= 4 is 70.4 Å². The Morgan fingerprint density at radius 3 is 2.05 bits per heavy atom. The van der Waals surface area contributed by atoms with Crippen molar-refractivity contribution in [3.8, 4) is 16.8 Å². The van der Waals surface area contributed by atoms with Gasteiger partial charge in [0.1, 0.15) is 0 Å². The number of hydrogen-bond donors (Lipinski definition) is 0. The summed E-state index contributed by atoms with van der Waals surface area (Å²) in [5.74, 6) is 1.09. The standard InChI is InChI=1S/C60H50N2S/c1-60(2)53-31-28-46(61(44-21-11-5-12-22-44)45-23-13-6-14-24-45)38-50(53)51-39-47(29-32-54(51)60)62-55-33-27-41(36-43(42-19-9-4-10-20-42)35-40-17-7-3-8-18-40)37-52(55)58-56(62)34-30-49-48-25-15-16-26-57(48)63-59(49)58/h4-7,9-17,19-34,37-40,43H,3,8,18,35-36H2,1-2H3/t40?,43-/m0/s1. The van der Waals surface area contributed by atoms with Crippen LogP contribution in [0.1, 0.15) is 67.7 Å². The molecule has 2 heterocycles. The fourth-order valence-electron chi connectivity index (χ4n) is 11.2. The third-order valence-electron chi connectivity index (χ3n) is 14.2. The molecule has 0 amide bonds. The van der Waals surface area contributed by atoms with E-state index in [4.69, 9.17) is 0 Å². The molecule has 0 aliphatic heterocycles. The average molecular weight is 831 g/mol. The summed E-state index contributed by atoms with van der Waals surface area (Å²) in [7, 11) is 0. The van der Waals surface area contributed by atoms with Crippen molar-refractivity contribution in [2.45, 2.75) is 57.3 Å². The first kappa shape index (κ1) is 38.0. The van der Waals surface area contributed by atoms with E-state index in [1.54, 1.807) is 0 Å². The summed E-state index contributed by atoms with van der Waals surface area (Å²) in [6, 6.07) is 68.2. The van der Waals surface area contributed by atoms with Gasteiger partial charge in [0.05, 0.1) is 11.0 Å². The number of allylic oxidation sites excluding steroid dienone is 2. The maximum absolute atomic E-state index is 2.55. The Morgan fingerprint density at radius 2 is 1.30 bits per heavy atom. The SMILES string of the molecule is CC1(C)c2ccc(N(c3ccccc3)c3ccccc3)cc2-c2cc(-n3c4ccc(C[C@H](CC5C=CCCC5)c5ccccc5)cc4c4c5sc6ccccc6c5ccc43)ccc21. The van der Waals surface area contributed by atoms with E-state index in [-0.39, 0.29) is 5.41 Å². The van der Waals surface area contributed by atoms with Gasteiger partial charge < -0.3 is 9.47 Å². The van der Waals surface area contributed by atoms with E-state index >= 15 is 0 Å². The number of rotatable bonds is 9. The lowest BCUT2D eigenvalue weighted by atomic mass is 9.81. The van der Waals surface area contributed by atoms with Crippen molar-refractivity contribution in [1.29, 1.82) is 0 Å². The van der Waals surface area contributed by atoms with Crippen LogP contribution in [0.3, 0.4) is 0 Å². The zero-order chi connectivity index (χ0) is 42.1. The zero-order valence-electron chi connectivity index (χ0n) is 36.0. The fourth-order valence-corrected chi connectivity index (χ4v) is 12.4. The largest absolute Gasteiger partial charge is 0.310 e. The molecule has 12 rings (SSSR count). The topological polar surface area (TPSA) is 8.17 Å². The van der Waals surface area contributed by atoms with Gasteiger partial charge in [-0.05, 0) is 150 Å². The Labute approximate surface area is 374 Å². The molecule has 0 radical (unpaired) electrons. The van der Waals surface area contributed by atoms with Crippen LogP contribution in [0.15, 0.2) is 194 Å². The maximum atomic E-state index is 2.55. The zero-order valence-corrected chi connectivity index (χ0v) is 36.8. The first-order valence-electron chi connectivity index (χ1n) is 22.8. The summed E-state index contributed by atoms with van der Waals surface area (Å²) in [4.78, 5) is 2.38. The maximum Gasteiger partial charge on any atom is 0.0555 e. The van der Waals surface area contributed by atoms with Gasteiger partial charge in [-0.2, -0.15) is 0 Å². The van der Waals surface area contributed by atoms with Crippen molar-refractivity contribution in [1.82, 2.24) is 4.57 Å². The molecule has 0 fully saturated rings. The Balaban J connectivity index is 1.03. The number of anilines is 3. The molecule has 2 aliphatic rings. The number of nitrogens with zero attached hydrogens (tertiary/aromatic N) is 2. The lowest BCUT2D eigenvalue weighted by molar-refractivity contribution is 0.452. The van der Waals surface area contributed by atoms with Gasteiger partial charge in [-0.3, -0.25) is 0 Å². The summed E-state index contributed by atoms with van der Waals surface area (Å²) in [5.41, 5.74) is 15.3. The highest BCUT2D eigenvalue weighted by Gasteiger charge is 2.36. The number of benzene rings is 8. The van der Waals surface area contributed by atoms with Crippen LogP contribution in [0.2, 0.25) is 0 Å². The minimum absolute atomic E-state index is 0.131. The van der Waals surface area contributed by atoms with Crippen molar-refractivity contribution in [3.05, 3.63) is 216 Å². The second kappa shape index (κ2) is 15.3. The van der Waals surface area contributed by atoms with Crippen LogP contribution in [0.25, 0.3) is 58.8 Å². The number of hydrogen-bond acceptors (Lipinski definition) is 2. The monoisotopic (exact) mass is 830 g/mol. The Morgan fingerprint density at radius 1 is 0.619 bits per heavy atom. The van der Waals surface area contributed by atoms with E-state index < -0.39 is 0 Å². The lowest BCUT2D eigenvalue weighted by Crippen LogP contribution is -2.15. The van der Waals surface area contributed by atoms with Gasteiger partial charge in [-0.25, -0.2) is 0 Å². The number of para-hydroxylation sites is 2. The van der Waals surface area contributed by atoms with Gasteiger partial charge in [0.15, 0.2) is 0 Å². The van der Waals surface area contributed by atoms with Crippen LogP contribution in [-0.2, 0) is 11.8 Å². The van der Waals surface area contributed by atoms with Crippen LogP contribution in [0.5, 0.6) is 0 Å². The molecule has 2 aromatic heterocycles. The van der Waals surface area contributed by atoms with Crippen LogP contribution in [0.4, 0.5) is 17.1 Å². The van der Waals surface area contributed by atoms with Gasteiger partial charge in [-0.15, -0.1) is 11.3 Å². The molecule has 0 N–H and O–H groups in total. The predicted molar refractivity (Wildman–Crippen MR) is 270 cm³/mol. The normalized spacial score (nSPS) is 15.9. The molecule has 0 saturated heterocycles. The van der Waals surface area contributed by atoms with E-state index in [1.165, 1.54) is 107 Å². The molecular weight excluding hydrogens is 781 g/mol. The first-order chi connectivity index (χ1) is 31.0. The number of fused-ring (bicyclic) bond motifs is 10. The van der Waals surface area contributed by atoms with Crippen LogP contribution >= 0.6 is 11.3 Å². The second-order valence-electron chi connectivity index (χ2n) is 18.4. The highest BCUT2D eigenvalue weighted by Crippen LogP contribution is 2.52. The predicted octanol–water partition coefficient (Wildman–Crippen LogP) is 17.0. The molecule has 2 nitrogen and oxygen atoms in total. The molecule has 1 unspecified atom stereocenters. The smallest absolute Gasteiger partial charge is 0.0555 e. The van der Waals surface area contributed by atoms with E-state index in [2.05, 4.69) is 217 Å². The molecule has 2 atom stereocenters. The summed E-state index contributed by atoms with van der Waals surface area (Å²) in [5, 5.41) is 5.39. The highest BCUT2D eigenvalue weighted by atomic mass is 32.1. The molecule has 2 aliphatic carbocycles.